The summed E-state index contributed by atoms with van der Waals surface area (Å²) >= 11 is 1.69. The Labute approximate surface area is 188 Å². The molecule has 1 aliphatic rings. The summed E-state index contributed by atoms with van der Waals surface area (Å²) in [6.07, 6.45) is 6.83. The van der Waals surface area contributed by atoms with Crippen LogP contribution in [0.15, 0.2) is 0 Å². The number of amides is 2. The summed E-state index contributed by atoms with van der Waals surface area (Å²) in [5.41, 5.74) is 6.01. The minimum Gasteiger partial charge on any atom is -0.354 e. The van der Waals surface area contributed by atoms with E-state index in [-0.39, 0.29) is 36.2 Å². The van der Waals surface area contributed by atoms with Crippen molar-refractivity contribution in [2.75, 3.05) is 18.6 Å². The normalized spacial score (nSPS) is 24.0. The Balaban J connectivity index is 0.00000784. The van der Waals surface area contributed by atoms with E-state index in [9.17, 15) is 9.59 Å². The van der Waals surface area contributed by atoms with E-state index in [4.69, 9.17) is 5.73 Å². The lowest BCUT2D eigenvalue weighted by atomic mass is 9.70. The maximum Gasteiger partial charge on any atom is 0.237 e. The second kappa shape index (κ2) is 14.5. The fourth-order valence-electron chi connectivity index (χ4n) is 4.31. The predicted molar refractivity (Wildman–Crippen MR) is 127 cm³/mol. The highest BCUT2D eigenvalue weighted by atomic mass is 35.5. The van der Waals surface area contributed by atoms with Crippen LogP contribution < -0.4 is 16.4 Å². The lowest BCUT2D eigenvalue weighted by Crippen LogP contribution is -2.51. The monoisotopic (exact) mass is 449 g/mol. The van der Waals surface area contributed by atoms with Crippen LogP contribution in [0.2, 0.25) is 0 Å². The Kier molecular flexibility index (Phi) is 14.3. The van der Waals surface area contributed by atoms with Crippen molar-refractivity contribution in [2.45, 2.75) is 78.8 Å². The van der Waals surface area contributed by atoms with Gasteiger partial charge in [-0.1, -0.05) is 41.0 Å². The first-order valence-corrected chi connectivity index (χ1v) is 12.4. The summed E-state index contributed by atoms with van der Waals surface area (Å²) in [5.74, 6) is 3.01. The van der Waals surface area contributed by atoms with Gasteiger partial charge in [-0.15, -0.1) is 12.4 Å². The van der Waals surface area contributed by atoms with Crippen LogP contribution in [0.1, 0.15) is 66.7 Å². The van der Waals surface area contributed by atoms with Crippen LogP contribution in [0, 0.1) is 29.6 Å². The molecule has 1 aliphatic carbocycles. The number of halogens is 1. The summed E-state index contributed by atoms with van der Waals surface area (Å²) in [7, 11) is 0. The molecule has 0 aromatic heterocycles. The van der Waals surface area contributed by atoms with E-state index >= 15 is 0 Å². The number of nitrogens with two attached hydrogens (primary N) is 1. The van der Waals surface area contributed by atoms with E-state index in [1.807, 2.05) is 6.26 Å². The van der Waals surface area contributed by atoms with Gasteiger partial charge in [-0.3, -0.25) is 9.59 Å². The topological polar surface area (TPSA) is 84.2 Å². The first-order chi connectivity index (χ1) is 13.1. The number of rotatable bonds is 11. The number of thioether (sulfide) groups is 1. The molecule has 5 atom stereocenters. The van der Waals surface area contributed by atoms with E-state index in [0.717, 1.165) is 25.0 Å². The molecule has 2 unspecified atom stereocenters. The third kappa shape index (κ3) is 10.4. The highest BCUT2D eigenvalue weighted by molar-refractivity contribution is 7.98. The molecule has 29 heavy (non-hydrogen) atoms. The van der Waals surface area contributed by atoms with Gasteiger partial charge < -0.3 is 16.4 Å². The summed E-state index contributed by atoms with van der Waals surface area (Å²) < 4.78 is 0. The summed E-state index contributed by atoms with van der Waals surface area (Å²) in [6, 6.07) is -0.558. The molecule has 1 rings (SSSR count). The second-order valence-electron chi connectivity index (χ2n) is 9.40. The second-order valence-corrected chi connectivity index (χ2v) is 10.4. The minimum atomic E-state index is -0.484. The van der Waals surface area contributed by atoms with E-state index < -0.39 is 6.04 Å². The molecular formula is C22H44ClN3O2S. The van der Waals surface area contributed by atoms with Gasteiger partial charge >= 0.3 is 0 Å². The zero-order valence-corrected chi connectivity index (χ0v) is 20.8. The van der Waals surface area contributed by atoms with Crippen LogP contribution >= 0.6 is 24.2 Å². The molecule has 0 saturated heterocycles. The molecule has 4 N–H and O–H groups in total. The van der Waals surface area contributed by atoms with Crippen molar-refractivity contribution in [3.05, 3.63) is 0 Å². The molecule has 5 nitrogen and oxygen atoms in total. The standard InChI is InChI=1S/C22H43N3O2S.ClH/c1-14(2)11-17(25-22(27)20(23)9-10-28-6)13-24-21(26)19-12-16(5)7-8-18(19)15(3)4;/h14-20H,7-13,23H2,1-6H3,(H,24,26)(H,25,27);1H/t16-,17?,18+,19-,20?;/m1./s1. The minimum absolute atomic E-state index is 0. The van der Waals surface area contributed by atoms with Crippen molar-refractivity contribution in [2.24, 2.45) is 35.3 Å². The summed E-state index contributed by atoms with van der Waals surface area (Å²) in [5, 5.41) is 6.22. The molecule has 1 saturated carbocycles. The molecule has 172 valence electrons. The highest BCUT2D eigenvalue weighted by Gasteiger charge is 2.35. The SMILES string of the molecule is CSCCC(N)C(=O)NC(CNC(=O)[C@@H]1C[C@H](C)CC[C@H]1C(C)C)CC(C)C.Cl. The molecule has 0 spiro atoms. The van der Waals surface area contributed by atoms with E-state index in [2.05, 4.69) is 45.3 Å². The largest absolute Gasteiger partial charge is 0.354 e. The van der Waals surface area contributed by atoms with Crippen molar-refractivity contribution in [3.63, 3.8) is 0 Å². The van der Waals surface area contributed by atoms with Crippen molar-refractivity contribution in [1.82, 2.24) is 10.6 Å². The fourth-order valence-corrected chi connectivity index (χ4v) is 4.79. The molecule has 0 bridgehead atoms. The molecule has 0 heterocycles. The molecule has 0 aliphatic heterocycles. The third-order valence-corrected chi connectivity index (χ3v) is 6.60. The highest BCUT2D eigenvalue weighted by Crippen LogP contribution is 2.38. The van der Waals surface area contributed by atoms with Crippen molar-refractivity contribution in [1.29, 1.82) is 0 Å². The Morgan fingerprint density at radius 3 is 2.38 bits per heavy atom. The first kappa shape index (κ1) is 28.5. The zero-order chi connectivity index (χ0) is 21.3. The van der Waals surface area contributed by atoms with Gasteiger partial charge in [0.05, 0.1) is 6.04 Å². The fraction of sp³-hybridized carbons (Fsp3) is 0.909. The van der Waals surface area contributed by atoms with Crippen LogP contribution in [0.5, 0.6) is 0 Å². The molecular weight excluding hydrogens is 406 g/mol. The van der Waals surface area contributed by atoms with Gasteiger partial charge in [0.2, 0.25) is 11.8 Å². The number of nitrogens with one attached hydrogen (secondary N) is 2. The van der Waals surface area contributed by atoms with Gasteiger partial charge in [-0.25, -0.2) is 0 Å². The van der Waals surface area contributed by atoms with Crippen LogP contribution in [-0.4, -0.2) is 42.5 Å². The number of carbonyl (C=O) groups excluding carboxylic acids is 2. The maximum absolute atomic E-state index is 13.0. The van der Waals surface area contributed by atoms with Gasteiger partial charge in [0.15, 0.2) is 0 Å². The van der Waals surface area contributed by atoms with Crippen molar-refractivity contribution >= 4 is 36.0 Å². The van der Waals surface area contributed by atoms with Crippen molar-refractivity contribution < 1.29 is 9.59 Å². The van der Waals surface area contributed by atoms with E-state index in [1.54, 1.807) is 11.8 Å². The maximum atomic E-state index is 13.0. The zero-order valence-electron chi connectivity index (χ0n) is 19.2. The molecule has 0 radical (unpaired) electrons. The predicted octanol–water partition coefficient (Wildman–Crippen LogP) is 3.84. The average molecular weight is 450 g/mol. The van der Waals surface area contributed by atoms with Gasteiger partial charge in [0.25, 0.3) is 0 Å². The molecule has 7 heteroatoms. The van der Waals surface area contributed by atoms with Crippen LogP contribution in [-0.2, 0) is 9.59 Å². The number of hydrogen-bond acceptors (Lipinski definition) is 4. The third-order valence-electron chi connectivity index (χ3n) is 5.95. The average Bonchev–Trinajstić information content (AvgIpc) is 2.62. The van der Waals surface area contributed by atoms with E-state index in [0.29, 0.717) is 36.6 Å². The molecule has 1 fully saturated rings. The lowest BCUT2D eigenvalue weighted by molar-refractivity contribution is -0.130. The van der Waals surface area contributed by atoms with Crippen LogP contribution in [0.25, 0.3) is 0 Å². The molecule has 2 amide bonds. The van der Waals surface area contributed by atoms with E-state index in [1.165, 1.54) is 6.42 Å². The summed E-state index contributed by atoms with van der Waals surface area (Å²) in [6.45, 7) is 11.4. The Hall–Kier alpha value is -0.460. The van der Waals surface area contributed by atoms with Gasteiger partial charge in [-0.05, 0) is 61.4 Å². The molecule has 0 aromatic carbocycles. The Morgan fingerprint density at radius 1 is 1.17 bits per heavy atom. The van der Waals surface area contributed by atoms with Gasteiger partial charge in [0.1, 0.15) is 0 Å². The lowest BCUT2D eigenvalue weighted by Gasteiger charge is -2.36. The smallest absolute Gasteiger partial charge is 0.237 e. The van der Waals surface area contributed by atoms with Gasteiger partial charge in [0, 0.05) is 18.5 Å². The van der Waals surface area contributed by atoms with Gasteiger partial charge in [-0.2, -0.15) is 11.8 Å². The first-order valence-electron chi connectivity index (χ1n) is 11.0. The Morgan fingerprint density at radius 2 is 1.83 bits per heavy atom. The molecule has 0 aromatic rings. The quantitative estimate of drug-likeness (QED) is 0.447. The number of hydrogen-bond donors (Lipinski definition) is 3. The van der Waals surface area contributed by atoms with Crippen LogP contribution in [0.4, 0.5) is 0 Å². The summed E-state index contributed by atoms with van der Waals surface area (Å²) in [4.78, 5) is 25.4. The Bertz CT molecular complexity index is 491. The van der Waals surface area contributed by atoms with Crippen molar-refractivity contribution in [3.8, 4) is 0 Å². The van der Waals surface area contributed by atoms with Crippen LogP contribution in [0.3, 0.4) is 0 Å². The number of carbonyl (C=O) groups is 2.